The fraction of sp³-hybridized carbons (Fsp3) is 0.208. The Morgan fingerprint density at radius 2 is 1.97 bits per heavy atom. The molecule has 0 saturated carbocycles. The van der Waals surface area contributed by atoms with Gasteiger partial charge in [0.15, 0.2) is 0 Å². The molecule has 5 rings (SSSR count). The summed E-state index contributed by atoms with van der Waals surface area (Å²) in [6.45, 7) is 0. The minimum Gasteiger partial charge on any atom is -0.456 e. The number of carbonyl (C=O) groups excluding carboxylic acids is 1. The molecule has 8 heteroatoms. The van der Waals surface area contributed by atoms with Crippen molar-refractivity contribution in [1.82, 2.24) is 9.97 Å². The van der Waals surface area contributed by atoms with Crippen molar-refractivity contribution in [2.45, 2.75) is 32.1 Å². The average Bonchev–Trinajstić information content (AvgIpc) is 3.36. The Morgan fingerprint density at radius 3 is 2.78 bits per heavy atom. The van der Waals surface area contributed by atoms with E-state index in [0.29, 0.717) is 34.5 Å². The van der Waals surface area contributed by atoms with E-state index in [2.05, 4.69) is 15.3 Å². The van der Waals surface area contributed by atoms with Crippen LogP contribution in [-0.4, -0.2) is 15.9 Å². The number of halogens is 1. The summed E-state index contributed by atoms with van der Waals surface area (Å²) >= 11 is 7.71. The summed E-state index contributed by atoms with van der Waals surface area (Å²) in [6, 6.07) is 14.3. The minimum atomic E-state index is -0.152. The number of H-pyrrole nitrogens is 1. The molecule has 0 radical (unpaired) electrons. The van der Waals surface area contributed by atoms with Gasteiger partial charge in [-0.1, -0.05) is 23.7 Å². The van der Waals surface area contributed by atoms with Crippen LogP contribution < -0.4 is 15.6 Å². The number of anilines is 1. The summed E-state index contributed by atoms with van der Waals surface area (Å²) in [5.41, 5.74) is 1.72. The Balaban J connectivity index is 1.20. The molecule has 6 nitrogen and oxygen atoms in total. The number of nitrogens with zero attached hydrogens (tertiary/aromatic N) is 1. The molecule has 32 heavy (non-hydrogen) atoms. The lowest BCUT2D eigenvalue weighted by Gasteiger charge is -2.09. The van der Waals surface area contributed by atoms with Gasteiger partial charge in [-0.2, -0.15) is 0 Å². The van der Waals surface area contributed by atoms with Crippen molar-refractivity contribution in [1.29, 1.82) is 0 Å². The third-order valence-electron chi connectivity index (χ3n) is 5.42. The number of hydrogen-bond acceptors (Lipinski definition) is 5. The summed E-state index contributed by atoms with van der Waals surface area (Å²) in [5, 5.41) is 4.12. The van der Waals surface area contributed by atoms with E-state index >= 15 is 0 Å². The molecule has 162 valence electrons. The second-order valence-corrected chi connectivity index (χ2v) is 9.15. The first kappa shape index (κ1) is 20.7. The van der Waals surface area contributed by atoms with Crippen LogP contribution in [-0.2, 0) is 24.1 Å². The van der Waals surface area contributed by atoms with Crippen LogP contribution in [0.15, 0.2) is 53.3 Å². The Bertz CT molecular complexity index is 1360. The van der Waals surface area contributed by atoms with Crippen molar-refractivity contribution in [3.05, 3.63) is 80.2 Å². The molecule has 0 bridgehead atoms. The van der Waals surface area contributed by atoms with Crippen LogP contribution in [0.4, 0.5) is 5.69 Å². The molecule has 2 aromatic heterocycles. The van der Waals surface area contributed by atoms with Crippen molar-refractivity contribution >= 4 is 44.7 Å². The number of hydrogen-bond donors (Lipinski definition) is 2. The molecule has 2 aromatic carbocycles. The monoisotopic (exact) mass is 465 g/mol. The van der Waals surface area contributed by atoms with E-state index in [1.54, 1.807) is 47.7 Å². The molecule has 2 N–H and O–H groups in total. The van der Waals surface area contributed by atoms with Gasteiger partial charge in [-0.15, -0.1) is 11.3 Å². The first-order valence-corrected chi connectivity index (χ1v) is 11.6. The van der Waals surface area contributed by atoms with Crippen LogP contribution in [0.25, 0.3) is 10.2 Å². The second kappa shape index (κ2) is 8.76. The highest BCUT2D eigenvalue weighted by atomic mass is 35.5. The van der Waals surface area contributed by atoms with E-state index in [-0.39, 0.29) is 17.9 Å². The fourth-order valence-corrected chi connectivity index (χ4v) is 5.34. The van der Waals surface area contributed by atoms with Gasteiger partial charge in [0.25, 0.3) is 5.56 Å². The molecule has 0 fully saturated rings. The molecule has 0 aliphatic heterocycles. The van der Waals surface area contributed by atoms with E-state index in [1.165, 1.54) is 4.88 Å². The maximum atomic E-state index is 12.5. The van der Waals surface area contributed by atoms with Gasteiger partial charge >= 0.3 is 0 Å². The van der Waals surface area contributed by atoms with Crippen molar-refractivity contribution in [3.63, 3.8) is 0 Å². The molecule has 1 amide bonds. The first-order valence-electron chi connectivity index (χ1n) is 10.4. The van der Waals surface area contributed by atoms with E-state index in [1.807, 2.05) is 12.1 Å². The quantitative estimate of drug-likeness (QED) is 0.394. The van der Waals surface area contributed by atoms with Crippen LogP contribution >= 0.6 is 22.9 Å². The fourth-order valence-electron chi connectivity index (χ4n) is 3.88. The van der Waals surface area contributed by atoms with Crippen LogP contribution in [0.1, 0.15) is 29.1 Å². The van der Waals surface area contributed by atoms with Crippen molar-refractivity contribution < 1.29 is 9.53 Å². The van der Waals surface area contributed by atoms with Gasteiger partial charge in [-0.05, 0) is 61.2 Å². The SMILES string of the molecule is O=C(CCc1nc2sc3c(c2c(=O)[nH]1)CCC3)Nc1ccc(Oc2ccccc2Cl)cc1. The zero-order chi connectivity index (χ0) is 22.1. The number of carbonyl (C=O) groups is 1. The molecule has 0 unspecified atom stereocenters. The summed E-state index contributed by atoms with van der Waals surface area (Å²) in [6.07, 6.45) is 3.66. The number of nitrogens with one attached hydrogen (secondary N) is 2. The minimum absolute atomic E-state index is 0.0982. The summed E-state index contributed by atoms with van der Waals surface area (Å²) in [7, 11) is 0. The van der Waals surface area contributed by atoms with Crippen molar-refractivity contribution in [3.8, 4) is 11.5 Å². The van der Waals surface area contributed by atoms with Crippen molar-refractivity contribution in [2.24, 2.45) is 0 Å². The third kappa shape index (κ3) is 4.26. The normalized spacial score (nSPS) is 12.7. The Labute approximate surface area is 193 Å². The van der Waals surface area contributed by atoms with Gasteiger partial charge in [-0.3, -0.25) is 9.59 Å². The summed E-state index contributed by atoms with van der Waals surface area (Å²) in [4.78, 5) is 34.4. The van der Waals surface area contributed by atoms with Crippen molar-refractivity contribution in [2.75, 3.05) is 5.32 Å². The molecular weight excluding hydrogens is 446 g/mol. The van der Waals surface area contributed by atoms with E-state index < -0.39 is 0 Å². The molecule has 0 atom stereocenters. The summed E-state index contributed by atoms with van der Waals surface area (Å²) in [5.74, 6) is 1.58. The predicted molar refractivity (Wildman–Crippen MR) is 127 cm³/mol. The van der Waals surface area contributed by atoms with E-state index in [9.17, 15) is 9.59 Å². The highest BCUT2D eigenvalue weighted by Gasteiger charge is 2.21. The standard InChI is InChI=1S/C24H20ClN3O3S/c25-17-5-1-2-6-18(17)31-15-10-8-14(9-11-15)26-21(29)13-12-20-27-23(30)22-16-4-3-7-19(16)32-24(22)28-20/h1-2,5-6,8-11H,3-4,7,12-13H2,(H,26,29)(H,27,28,30). The number of benzene rings is 2. The average molecular weight is 466 g/mol. The van der Waals surface area contributed by atoms with Gasteiger partial charge in [0, 0.05) is 23.4 Å². The Morgan fingerprint density at radius 1 is 1.16 bits per heavy atom. The molecule has 1 aliphatic carbocycles. The van der Waals surface area contributed by atoms with Gasteiger partial charge in [0.05, 0.1) is 10.4 Å². The smallest absolute Gasteiger partial charge is 0.259 e. The van der Waals surface area contributed by atoms with Gasteiger partial charge in [0.2, 0.25) is 5.91 Å². The van der Waals surface area contributed by atoms with Crippen LogP contribution in [0.2, 0.25) is 5.02 Å². The maximum Gasteiger partial charge on any atom is 0.259 e. The third-order valence-corrected chi connectivity index (χ3v) is 6.91. The number of ether oxygens (including phenoxy) is 1. The molecular formula is C24H20ClN3O3S. The topological polar surface area (TPSA) is 84.1 Å². The maximum absolute atomic E-state index is 12.5. The lowest BCUT2D eigenvalue weighted by atomic mass is 10.2. The van der Waals surface area contributed by atoms with E-state index in [0.717, 1.165) is 35.0 Å². The highest BCUT2D eigenvalue weighted by molar-refractivity contribution is 7.18. The van der Waals surface area contributed by atoms with Gasteiger partial charge in [-0.25, -0.2) is 4.98 Å². The highest BCUT2D eigenvalue weighted by Crippen LogP contribution is 2.34. The van der Waals surface area contributed by atoms with Crippen LogP contribution in [0, 0.1) is 0 Å². The first-order chi connectivity index (χ1) is 15.6. The predicted octanol–water partition coefficient (Wildman–Crippen LogP) is 5.49. The zero-order valence-corrected chi connectivity index (χ0v) is 18.7. The second-order valence-electron chi connectivity index (χ2n) is 7.66. The largest absolute Gasteiger partial charge is 0.456 e. The number of aromatic nitrogens is 2. The molecule has 0 spiro atoms. The van der Waals surface area contributed by atoms with Gasteiger partial charge < -0.3 is 15.0 Å². The zero-order valence-electron chi connectivity index (χ0n) is 17.1. The number of amides is 1. The number of thiophene rings is 1. The van der Waals surface area contributed by atoms with Crippen LogP contribution in [0.5, 0.6) is 11.5 Å². The number of aryl methyl sites for hydroxylation is 3. The molecule has 0 saturated heterocycles. The number of rotatable bonds is 6. The number of para-hydroxylation sites is 1. The molecule has 1 aliphatic rings. The molecule has 2 heterocycles. The van der Waals surface area contributed by atoms with E-state index in [4.69, 9.17) is 16.3 Å². The lowest BCUT2D eigenvalue weighted by molar-refractivity contribution is -0.116. The molecule has 4 aromatic rings. The number of aromatic amines is 1. The lowest BCUT2D eigenvalue weighted by Crippen LogP contribution is -2.16. The Hall–Kier alpha value is -3.16. The van der Waals surface area contributed by atoms with Gasteiger partial charge in [0.1, 0.15) is 22.2 Å². The number of fused-ring (bicyclic) bond motifs is 3. The summed E-state index contributed by atoms with van der Waals surface area (Å²) < 4.78 is 5.76. The van der Waals surface area contributed by atoms with Crippen LogP contribution in [0.3, 0.4) is 0 Å². The Kier molecular flexibility index (Phi) is 5.68.